The first-order valence-corrected chi connectivity index (χ1v) is 17.0. The summed E-state index contributed by atoms with van der Waals surface area (Å²) in [6, 6.07) is 25.8. The van der Waals surface area contributed by atoms with E-state index in [1.165, 1.54) is 0 Å². The van der Waals surface area contributed by atoms with Crippen molar-refractivity contribution in [2.24, 2.45) is 20.5 Å². The molecule has 232 valence electrons. The zero-order valence-corrected chi connectivity index (χ0v) is 26.5. The predicted molar refractivity (Wildman–Crippen MR) is 178 cm³/mol. The molecule has 4 aromatic rings. The van der Waals surface area contributed by atoms with Crippen LogP contribution in [0.1, 0.15) is 68.9 Å². The van der Waals surface area contributed by atoms with Crippen molar-refractivity contribution in [3.63, 3.8) is 0 Å². The monoisotopic (exact) mass is 614 g/mol. The number of azo groups is 2. The van der Waals surface area contributed by atoms with E-state index in [9.17, 15) is 8.42 Å². The van der Waals surface area contributed by atoms with Gasteiger partial charge in [-0.2, -0.15) is 23.8 Å². The van der Waals surface area contributed by atoms with Crippen LogP contribution < -0.4 is 4.74 Å². The fraction of sp³-hybridized carbons (Fsp3) is 0.371. The molecule has 0 spiro atoms. The van der Waals surface area contributed by atoms with Gasteiger partial charge in [0.1, 0.15) is 11.4 Å². The number of aryl methyl sites for hydroxylation is 2. The lowest BCUT2D eigenvalue weighted by Gasteiger charge is -2.11. The van der Waals surface area contributed by atoms with E-state index in [0.717, 1.165) is 102 Å². The van der Waals surface area contributed by atoms with Crippen LogP contribution >= 0.6 is 0 Å². The Morgan fingerprint density at radius 1 is 0.636 bits per heavy atom. The summed E-state index contributed by atoms with van der Waals surface area (Å²) in [5.41, 5.74) is 5.12. The first-order valence-electron chi connectivity index (χ1n) is 15.4. The smallest absolute Gasteiger partial charge is 0.264 e. The Morgan fingerprint density at radius 3 is 2.00 bits per heavy atom. The number of ether oxygens (including phenoxy) is 1. The highest BCUT2D eigenvalue weighted by Gasteiger charge is 2.10. The van der Waals surface area contributed by atoms with Crippen molar-refractivity contribution < 1.29 is 17.7 Å². The number of benzene rings is 4. The molecule has 0 unspecified atom stereocenters. The molecule has 8 nitrogen and oxygen atoms in total. The summed E-state index contributed by atoms with van der Waals surface area (Å²) >= 11 is 0. The molecule has 0 aliphatic heterocycles. The van der Waals surface area contributed by atoms with Crippen LogP contribution in [0.2, 0.25) is 0 Å². The van der Waals surface area contributed by atoms with Gasteiger partial charge in [0.15, 0.2) is 0 Å². The number of hydrogen-bond donors (Lipinski definition) is 1. The lowest BCUT2D eigenvalue weighted by atomic mass is 10.1. The van der Waals surface area contributed by atoms with Gasteiger partial charge >= 0.3 is 0 Å². The lowest BCUT2D eigenvalue weighted by Crippen LogP contribution is -2.03. The molecule has 0 aromatic heterocycles. The van der Waals surface area contributed by atoms with Crippen molar-refractivity contribution in [3.05, 3.63) is 90.0 Å². The second-order valence-electron chi connectivity index (χ2n) is 11.1. The summed E-state index contributed by atoms with van der Waals surface area (Å²) in [5, 5.41) is 20.2. The summed E-state index contributed by atoms with van der Waals surface area (Å²) < 4.78 is 36.5. The van der Waals surface area contributed by atoms with Crippen LogP contribution in [0.15, 0.2) is 99.3 Å². The van der Waals surface area contributed by atoms with Gasteiger partial charge in [0.25, 0.3) is 10.1 Å². The molecule has 0 saturated heterocycles. The maximum absolute atomic E-state index is 10.8. The minimum atomic E-state index is -3.83. The van der Waals surface area contributed by atoms with Crippen molar-refractivity contribution in [1.82, 2.24) is 0 Å². The maximum atomic E-state index is 10.8. The zero-order valence-electron chi connectivity index (χ0n) is 25.7. The maximum Gasteiger partial charge on any atom is 0.264 e. The van der Waals surface area contributed by atoms with Gasteiger partial charge < -0.3 is 4.74 Å². The Kier molecular flexibility index (Phi) is 12.6. The van der Waals surface area contributed by atoms with Gasteiger partial charge in [0, 0.05) is 5.39 Å². The first-order chi connectivity index (χ1) is 21.3. The summed E-state index contributed by atoms with van der Waals surface area (Å²) in [7, 11) is -3.83. The van der Waals surface area contributed by atoms with E-state index in [1.54, 1.807) is 0 Å². The van der Waals surface area contributed by atoms with E-state index in [0.29, 0.717) is 13.0 Å². The van der Waals surface area contributed by atoms with E-state index in [-0.39, 0.29) is 5.75 Å². The molecule has 0 radical (unpaired) electrons. The molecule has 44 heavy (non-hydrogen) atoms. The highest BCUT2D eigenvalue weighted by Crippen LogP contribution is 2.38. The van der Waals surface area contributed by atoms with Crippen LogP contribution in [0, 0.1) is 13.8 Å². The molecule has 0 saturated carbocycles. The number of nitrogens with zero attached hydrogens (tertiary/aromatic N) is 4. The van der Waals surface area contributed by atoms with Gasteiger partial charge in [-0.15, -0.1) is 5.11 Å². The Balaban J connectivity index is 1.30. The highest BCUT2D eigenvalue weighted by atomic mass is 32.2. The minimum absolute atomic E-state index is 0.136. The number of hydrogen-bond acceptors (Lipinski definition) is 7. The molecule has 0 atom stereocenters. The van der Waals surface area contributed by atoms with Gasteiger partial charge in [-0.3, -0.25) is 4.55 Å². The molecule has 0 bridgehead atoms. The van der Waals surface area contributed by atoms with E-state index < -0.39 is 10.1 Å². The largest absolute Gasteiger partial charge is 0.491 e. The zero-order chi connectivity index (χ0) is 31.2. The van der Waals surface area contributed by atoms with Crippen molar-refractivity contribution in [2.75, 3.05) is 12.4 Å². The van der Waals surface area contributed by atoms with Gasteiger partial charge in [0.2, 0.25) is 0 Å². The highest BCUT2D eigenvalue weighted by molar-refractivity contribution is 7.85. The summed E-state index contributed by atoms with van der Waals surface area (Å²) in [5.74, 6) is 0.585. The summed E-state index contributed by atoms with van der Waals surface area (Å²) in [4.78, 5) is 0. The fourth-order valence-corrected chi connectivity index (χ4v) is 5.53. The quantitative estimate of drug-likeness (QED) is 0.0724. The molecule has 0 heterocycles. The van der Waals surface area contributed by atoms with Gasteiger partial charge in [-0.25, -0.2) is 0 Å². The Bertz CT molecular complexity index is 1690. The summed E-state index contributed by atoms with van der Waals surface area (Å²) in [6.07, 6.45) is 8.92. The molecule has 4 aromatic carbocycles. The molecule has 0 fully saturated rings. The minimum Gasteiger partial charge on any atom is -0.491 e. The third-order valence-electron chi connectivity index (χ3n) is 7.49. The van der Waals surface area contributed by atoms with E-state index in [4.69, 9.17) is 9.29 Å². The number of unbranched alkanes of at least 4 members (excludes halogenated alkanes) is 8. The molecular weight excluding hydrogens is 572 g/mol. The van der Waals surface area contributed by atoms with Crippen molar-refractivity contribution in [3.8, 4) is 5.75 Å². The molecule has 9 heteroatoms. The predicted octanol–water partition coefficient (Wildman–Crippen LogP) is 11.1. The molecule has 0 amide bonds. The molecule has 1 N–H and O–H groups in total. The van der Waals surface area contributed by atoms with Crippen LogP contribution in [0.4, 0.5) is 22.7 Å². The third-order valence-corrected chi connectivity index (χ3v) is 8.30. The number of fused-ring (bicyclic) bond motifs is 1. The molecule has 0 aliphatic carbocycles. The van der Waals surface area contributed by atoms with Gasteiger partial charge in [0.05, 0.1) is 29.4 Å². The first kappa shape index (κ1) is 33.0. The molecule has 0 aliphatic rings. The third kappa shape index (κ3) is 10.6. The Hall–Kier alpha value is -3.95. The fourth-order valence-electron chi connectivity index (χ4n) is 4.97. The summed E-state index contributed by atoms with van der Waals surface area (Å²) in [6.45, 7) is 4.61. The second kappa shape index (κ2) is 16.8. The van der Waals surface area contributed by atoms with Crippen LogP contribution in [0.3, 0.4) is 0 Å². The Morgan fingerprint density at radius 2 is 1.27 bits per heavy atom. The standard InChI is InChI=1S/C35H42N4O4S/c1-27-16-10-13-19-32(27)37-36-30-21-22-33(28(2)26-30)38-39-35-31-18-12-11-17-29(31)20-23-34(35)43-24-14-8-6-4-3-5-7-9-15-25-44(40,41)42/h10-13,16-23,26H,3-9,14-15,24-25H2,1-2H3,(H,40,41,42). The topological polar surface area (TPSA) is 113 Å². The van der Waals surface area contributed by atoms with Gasteiger partial charge in [-0.1, -0.05) is 93.5 Å². The van der Waals surface area contributed by atoms with Crippen LogP contribution in [-0.2, 0) is 10.1 Å². The average Bonchev–Trinajstić information content (AvgIpc) is 3.00. The van der Waals surface area contributed by atoms with Gasteiger partial charge in [-0.05, 0) is 73.5 Å². The molecule has 4 rings (SSSR count). The van der Waals surface area contributed by atoms with Crippen molar-refractivity contribution in [1.29, 1.82) is 0 Å². The molecular formula is C35H42N4O4S. The second-order valence-corrected chi connectivity index (χ2v) is 12.7. The van der Waals surface area contributed by atoms with Crippen LogP contribution in [0.5, 0.6) is 5.75 Å². The SMILES string of the molecule is Cc1ccccc1N=Nc1ccc(N=Nc2c(OCCCCCCCCCCCS(=O)(=O)O)ccc3ccccc23)c(C)c1. The van der Waals surface area contributed by atoms with Crippen LogP contribution in [-0.4, -0.2) is 25.3 Å². The van der Waals surface area contributed by atoms with E-state index >= 15 is 0 Å². The van der Waals surface area contributed by atoms with Crippen LogP contribution in [0.25, 0.3) is 10.8 Å². The van der Waals surface area contributed by atoms with Crippen molar-refractivity contribution >= 4 is 43.6 Å². The number of rotatable bonds is 17. The normalized spacial score (nSPS) is 12.1. The van der Waals surface area contributed by atoms with E-state index in [1.807, 2.05) is 80.6 Å². The van der Waals surface area contributed by atoms with E-state index in [2.05, 4.69) is 32.6 Å². The van der Waals surface area contributed by atoms with Crippen molar-refractivity contribution in [2.45, 2.75) is 71.6 Å². The average molecular weight is 615 g/mol. The Labute approximate surface area is 261 Å². The lowest BCUT2D eigenvalue weighted by molar-refractivity contribution is 0.305.